The third kappa shape index (κ3) is 3.65. The summed E-state index contributed by atoms with van der Waals surface area (Å²) in [5.41, 5.74) is -0.00374. The van der Waals surface area contributed by atoms with Crippen molar-refractivity contribution in [2.45, 2.75) is 26.4 Å². The number of piperazine rings is 1. The van der Waals surface area contributed by atoms with Gasteiger partial charge in [-0.25, -0.2) is 4.79 Å². The summed E-state index contributed by atoms with van der Waals surface area (Å²) in [7, 11) is 0. The third-order valence-electron chi connectivity index (χ3n) is 4.21. The number of rotatable bonds is 4. The summed E-state index contributed by atoms with van der Waals surface area (Å²) < 4.78 is 10.6. The average Bonchev–Trinajstić information content (AvgIpc) is 3.13. The zero-order valence-corrected chi connectivity index (χ0v) is 15.1. The van der Waals surface area contributed by atoms with Gasteiger partial charge in [0.15, 0.2) is 0 Å². The molecule has 1 saturated heterocycles. The molecule has 0 saturated carbocycles. The summed E-state index contributed by atoms with van der Waals surface area (Å²) in [4.78, 5) is 39.6. The van der Waals surface area contributed by atoms with Crippen molar-refractivity contribution < 1.29 is 28.6 Å². The number of nitrogens with zero attached hydrogens (tertiary/aromatic N) is 2. The van der Waals surface area contributed by atoms with E-state index in [1.54, 1.807) is 17.0 Å². The molecule has 26 heavy (non-hydrogen) atoms. The summed E-state index contributed by atoms with van der Waals surface area (Å²) in [6, 6.07) is 3.15. The lowest BCUT2D eigenvalue weighted by Crippen LogP contribution is -2.50. The minimum absolute atomic E-state index is 0.0799. The summed E-state index contributed by atoms with van der Waals surface area (Å²) in [6.45, 7) is 7.47. The molecule has 2 aromatic heterocycles. The molecule has 0 radical (unpaired) electrons. The number of furan rings is 2. The number of carbonyl (C=O) groups excluding carboxylic acids is 2. The number of amides is 1. The summed E-state index contributed by atoms with van der Waals surface area (Å²) in [5, 5.41) is 9.35. The lowest BCUT2D eigenvalue weighted by atomic mass is 10.1. The fourth-order valence-electron chi connectivity index (χ4n) is 3.10. The fourth-order valence-corrected chi connectivity index (χ4v) is 3.10. The van der Waals surface area contributed by atoms with E-state index < -0.39 is 11.6 Å². The number of carboxylic acid groups (broad SMARTS) is 1. The van der Waals surface area contributed by atoms with E-state index in [1.807, 2.05) is 25.7 Å². The number of hydrogen-bond acceptors (Lipinski definition) is 6. The van der Waals surface area contributed by atoms with Crippen LogP contribution in [0.5, 0.6) is 0 Å². The molecule has 1 fully saturated rings. The number of fused-ring (bicyclic) bond motifs is 2. The van der Waals surface area contributed by atoms with Crippen molar-refractivity contribution in [3.63, 3.8) is 0 Å². The second kappa shape index (κ2) is 6.60. The molecule has 2 aromatic rings. The molecule has 0 atom stereocenters. The Morgan fingerprint density at radius 1 is 1.08 bits per heavy atom. The highest BCUT2D eigenvalue weighted by Crippen LogP contribution is 2.30. The van der Waals surface area contributed by atoms with E-state index in [9.17, 15) is 19.5 Å². The second-order valence-electron chi connectivity index (χ2n) is 7.37. The lowest BCUT2D eigenvalue weighted by molar-refractivity contribution is -0.156. The van der Waals surface area contributed by atoms with Crippen LogP contribution in [0.2, 0.25) is 0 Å². The van der Waals surface area contributed by atoms with Crippen molar-refractivity contribution >= 4 is 29.0 Å². The number of hydrogen-bond donors (Lipinski definition) is 1. The van der Waals surface area contributed by atoms with Crippen molar-refractivity contribution in [1.82, 2.24) is 9.80 Å². The standard InChI is InChI=1S/C18H22N2O6/c1-18(2,3)26-13(21)10-19-6-8-20(9-7-19)16(22)14-11-4-5-12(25-11)15(14)17(23)24/h4-5H,6-10H2,1-3H3,(H,23,24). The Labute approximate surface area is 150 Å². The number of benzene rings is 1. The molecule has 8 heteroatoms. The molecular formula is C18H22N2O6. The molecule has 0 unspecified atom stereocenters. The van der Waals surface area contributed by atoms with Crippen molar-refractivity contribution in [2.24, 2.45) is 0 Å². The molecular weight excluding hydrogens is 340 g/mol. The van der Waals surface area contributed by atoms with Gasteiger partial charge in [-0.1, -0.05) is 0 Å². The van der Waals surface area contributed by atoms with Gasteiger partial charge >= 0.3 is 11.9 Å². The molecule has 8 nitrogen and oxygen atoms in total. The van der Waals surface area contributed by atoms with Crippen LogP contribution in [-0.4, -0.2) is 71.1 Å². The highest BCUT2D eigenvalue weighted by molar-refractivity contribution is 6.14. The molecule has 1 aliphatic heterocycles. The van der Waals surface area contributed by atoms with Crippen molar-refractivity contribution in [3.05, 3.63) is 23.3 Å². The van der Waals surface area contributed by atoms with Crippen LogP contribution in [0.3, 0.4) is 0 Å². The Hall–Kier alpha value is -2.61. The number of carbonyl (C=O) groups is 3. The number of aromatic carboxylic acids is 1. The second-order valence-corrected chi connectivity index (χ2v) is 7.37. The SMILES string of the molecule is CC(C)(C)OC(=O)CN1CCN(C(=O)c2c(C(=O)O)c3ccc2o3)CC1. The Kier molecular flexibility index (Phi) is 4.62. The normalized spacial score (nSPS) is 16.2. The first kappa shape index (κ1) is 18.2. The van der Waals surface area contributed by atoms with Gasteiger partial charge in [-0.05, 0) is 32.9 Å². The van der Waals surface area contributed by atoms with E-state index in [2.05, 4.69) is 0 Å². The van der Waals surface area contributed by atoms with Gasteiger partial charge in [0.05, 0.1) is 6.54 Å². The first-order valence-electron chi connectivity index (χ1n) is 8.47. The van der Waals surface area contributed by atoms with Gasteiger partial charge < -0.3 is 19.2 Å². The molecule has 1 N–H and O–H groups in total. The minimum atomic E-state index is -1.17. The largest absolute Gasteiger partial charge is 0.478 e. The Morgan fingerprint density at radius 3 is 2.19 bits per heavy atom. The van der Waals surface area contributed by atoms with Gasteiger partial charge in [0.1, 0.15) is 27.9 Å². The van der Waals surface area contributed by atoms with E-state index >= 15 is 0 Å². The quantitative estimate of drug-likeness (QED) is 0.826. The third-order valence-corrected chi connectivity index (χ3v) is 4.21. The molecule has 3 heterocycles. The first-order chi connectivity index (χ1) is 12.2. The van der Waals surface area contributed by atoms with E-state index in [1.165, 1.54) is 0 Å². The van der Waals surface area contributed by atoms with Crippen LogP contribution in [0.1, 0.15) is 41.5 Å². The van der Waals surface area contributed by atoms with Crippen molar-refractivity contribution in [3.8, 4) is 0 Å². The van der Waals surface area contributed by atoms with Crippen LogP contribution < -0.4 is 0 Å². The minimum Gasteiger partial charge on any atom is -0.478 e. The molecule has 0 aliphatic carbocycles. The zero-order chi connectivity index (χ0) is 19.1. The van der Waals surface area contributed by atoms with E-state index in [4.69, 9.17) is 9.15 Å². The van der Waals surface area contributed by atoms with Gasteiger partial charge in [0.25, 0.3) is 5.91 Å². The van der Waals surface area contributed by atoms with Crippen LogP contribution in [0.25, 0.3) is 11.2 Å². The molecule has 140 valence electrons. The van der Waals surface area contributed by atoms with Gasteiger partial charge in [0.2, 0.25) is 0 Å². The van der Waals surface area contributed by atoms with Crippen LogP contribution in [0.15, 0.2) is 16.5 Å². The van der Waals surface area contributed by atoms with E-state index in [0.29, 0.717) is 31.8 Å². The Balaban J connectivity index is 1.62. The summed E-state index contributed by atoms with van der Waals surface area (Å²) in [6.07, 6.45) is 0. The molecule has 1 aliphatic rings. The molecule has 2 bridgehead atoms. The number of ether oxygens (including phenoxy) is 1. The van der Waals surface area contributed by atoms with Crippen LogP contribution in [0.4, 0.5) is 0 Å². The maximum Gasteiger partial charge on any atom is 0.340 e. The van der Waals surface area contributed by atoms with Crippen molar-refractivity contribution in [2.75, 3.05) is 32.7 Å². The smallest absolute Gasteiger partial charge is 0.340 e. The van der Waals surface area contributed by atoms with Gasteiger partial charge in [-0.15, -0.1) is 0 Å². The molecule has 0 aromatic carbocycles. The van der Waals surface area contributed by atoms with E-state index in [0.717, 1.165) is 0 Å². The first-order valence-corrected chi connectivity index (χ1v) is 8.47. The highest BCUT2D eigenvalue weighted by atomic mass is 16.6. The average molecular weight is 362 g/mol. The Bertz CT molecular complexity index is 826. The predicted molar refractivity (Wildman–Crippen MR) is 92.5 cm³/mol. The maximum absolute atomic E-state index is 12.8. The lowest BCUT2D eigenvalue weighted by Gasteiger charge is -2.34. The zero-order valence-electron chi connectivity index (χ0n) is 15.1. The Morgan fingerprint density at radius 2 is 1.65 bits per heavy atom. The molecule has 3 rings (SSSR count). The highest BCUT2D eigenvalue weighted by Gasteiger charge is 2.32. The molecule has 1 amide bonds. The predicted octanol–water partition coefficient (Wildman–Crippen LogP) is 1.67. The fraction of sp³-hybridized carbons (Fsp3) is 0.500. The monoisotopic (exact) mass is 362 g/mol. The topological polar surface area (TPSA) is 100 Å². The van der Waals surface area contributed by atoms with Gasteiger partial charge in [-0.2, -0.15) is 0 Å². The number of esters is 1. The van der Waals surface area contributed by atoms with Crippen LogP contribution >= 0.6 is 0 Å². The molecule has 0 spiro atoms. The van der Waals surface area contributed by atoms with Crippen LogP contribution in [-0.2, 0) is 9.53 Å². The van der Waals surface area contributed by atoms with Crippen LogP contribution in [0, 0.1) is 0 Å². The van der Waals surface area contributed by atoms with Crippen molar-refractivity contribution in [1.29, 1.82) is 0 Å². The number of carboxylic acids is 1. The van der Waals surface area contributed by atoms with E-state index in [-0.39, 0.29) is 35.1 Å². The summed E-state index contributed by atoms with van der Waals surface area (Å²) in [5.74, 6) is -1.83. The van der Waals surface area contributed by atoms with Gasteiger partial charge in [0, 0.05) is 26.2 Å². The van der Waals surface area contributed by atoms with Gasteiger partial charge in [-0.3, -0.25) is 14.5 Å². The summed E-state index contributed by atoms with van der Waals surface area (Å²) >= 11 is 0. The maximum atomic E-state index is 12.8.